The summed E-state index contributed by atoms with van der Waals surface area (Å²) in [6, 6.07) is 9.38. The standard InChI is InChI=1S/C24H33N5O2/c1-25-14-19(27-24(31)23-17-4-5-18(13-17)26-23)12-16-2-6-20(7-3-16)28-10-11-29-21(15-28)8-9-22(29)30/h2-3,6-7,14,17-19,21,23,26H,4-5,8-13,15H2,1H3,(H,27,31)/b25-14+/t17-,18+,19-,21?,23-/m0/s1. The van der Waals surface area contributed by atoms with Crippen LogP contribution in [0.15, 0.2) is 29.3 Å². The van der Waals surface area contributed by atoms with Crippen molar-refractivity contribution < 1.29 is 9.59 Å². The molecule has 5 atom stereocenters. The highest BCUT2D eigenvalue weighted by molar-refractivity contribution is 5.86. The molecule has 0 aromatic heterocycles. The molecule has 3 aliphatic heterocycles. The summed E-state index contributed by atoms with van der Waals surface area (Å²) >= 11 is 0. The lowest BCUT2D eigenvalue weighted by Gasteiger charge is -2.39. The van der Waals surface area contributed by atoms with Crippen LogP contribution < -0.4 is 15.5 Å². The summed E-state index contributed by atoms with van der Waals surface area (Å²) < 4.78 is 0. The van der Waals surface area contributed by atoms with E-state index >= 15 is 0 Å². The minimum Gasteiger partial charge on any atom is -0.368 e. The van der Waals surface area contributed by atoms with Crippen LogP contribution in [-0.2, 0) is 16.0 Å². The van der Waals surface area contributed by atoms with Gasteiger partial charge in [-0.25, -0.2) is 0 Å². The summed E-state index contributed by atoms with van der Waals surface area (Å²) in [5, 5.41) is 6.68. The van der Waals surface area contributed by atoms with E-state index < -0.39 is 0 Å². The van der Waals surface area contributed by atoms with E-state index in [0.717, 1.165) is 45.3 Å². The lowest BCUT2D eigenvalue weighted by molar-refractivity contribution is -0.129. The number of nitrogens with one attached hydrogen (secondary N) is 2. The van der Waals surface area contributed by atoms with E-state index in [1.54, 1.807) is 7.05 Å². The Kier molecular flexibility index (Phi) is 5.69. The van der Waals surface area contributed by atoms with Crippen molar-refractivity contribution in [2.75, 3.05) is 31.6 Å². The van der Waals surface area contributed by atoms with Gasteiger partial charge in [0.2, 0.25) is 11.8 Å². The zero-order valence-electron chi connectivity index (χ0n) is 18.3. The van der Waals surface area contributed by atoms with E-state index in [-0.39, 0.29) is 18.0 Å². The van der Waals surface area contributed by atoms with Gasteiger partial charge in [0.15, 0.2) is 0 Å². The van der Waals surface area contributed by atoms with Crippen molar-refractivity contribution >= 4 is 23.7 Å². The molecule has 2 N–H and O–H groups in total. The number of anilines is 1. The van der Waals surface area contributed by atoms with E-state index in [4.69, 9.17) is 0 Å². The average Bonchev–Trinajstić information content (AvgIpc) is 3.50. The highest BCUT2D eigenvalue weighted by Crippen LogP contribution is 2.35. The van der Waals surface area contributed by atoms with Gasteiger partial charge in [0.05, 0.1) is 12.1 Å². The molecule has 3 heterocycles. The van der Waals surface area contributed by atoms with E-state index in [2.05, 4.69) is 44.8 Å². The number of piperazine rings is 1. The molecule has 31 heavy (non-hydrogen) atoms. The fraction of sp³-hybridized carbons (Fsp3) is 0.625. The number of rotatable bonds is 6. The quantitative estimate of drug-likeness (QED) is 0.678. The fourth-order valence-corrected chi connectivity index (χ4v) is 5.94. The molecule has 1 aliphatic carbocycles. The number of hydrogen-bond donors (Lipinski definition) is 2. The molecule has 0 radical (unpaired) electrons. The first-order valence-corrected chi connectivity index (χ1v) is 11.7. The van der Waals surface area contributed by atoms with E-state index in [9.17, 15) is 9.59 Å². The predicted molar refractivity (Wildman–Crippen MR) is 121 cm³/mol. The van der Waals surface area contributed by atoms with Crippen LogP contribution in [-0.4, -0.2) is 73.8 Å². The molecule has 1 saturated carbocycles. The molecule has 2 bridgehead atoms. The largest absolute Gasteiger partial charge is 0.368 e. The molecule has 2 amide bonds. The Morgan fingerprint density at radius 1 is 1.26 bits per heavy atom. The zero-order chi connectivity index (χ0) is 21.4. The number of hydrogen-bond acceptors (Lipinski definition) is 5. The molecule has 4 aliphatic rings. The van der Waals surface area contributed by atoms with Gasteiger partial charge >= 0.3 is 0 Å². The van der Waals surface area contributed by atoms with Crippen LogP contribution in [0.1, 0.15) is 37.7 Å². The Morgan fingerprint density at radius 2 is 2.10 bits per heavy atom. The predicted octanol–water partition coefficient (Wildman–Crippen LogP) is 1.37. The van der Waals surface area contributed by atoms with Crippen molar-refractivity contribution in [2.45, 2.75) is 62.7 Å². The highest BCUT2D eigenvalue weighted by atomic mass is 16.2. The number of nitrogens with zero attached hydrogens (tertiary/aromatic N) is 3. The van der Waals surface area contributed by atoms with Crippen LogP contribution in [0.4, 0.5) is 5.69 Å². The maximum atomic E-state index is 12.8. The van der Waals surface area contributed by atoms with Crippen molar-refractivity contribution in [3.8, 4) is 0 Å². The van der Waals surface area contributed by atoms with Gasteiger partial charge in [-0.15, -0.1) is 0 Å². The summed E-state index contributed by atoms with van der Waals surface area (Å²) in [6.07, 6.45) is 7.74. The SMILES string of the molecule is C/N=C/[C@H](Cc1ccc(N2CCN3C(=O)CCC3C2)cc1)NC(=O)[C@H]1N[C@@H]2CC[C@H]1C2. The first-order valence-electron chi connectivity index (χ1n) is 11.7. The average molecular weight is 424 g/mol. The molecule has 7 heteroatoms. The van der Waals surface area contributed by atoms with E-state index in [1.807, 2.05) is 11.1 Å². The minimum absolute atomic E-state index is 0.0463. The van der Waals surface area contributed by atoms with Gasteiger partial charge in [0.25, 0.3) is 0 Å². The van der Waals surface area contributed by atoms with Crippen molar-refractivity contribution in [1.29, 1.82) is 0 Å². The summed E-state index contributed by atoms with van der Waals surface area (Å²) in [4.78, 5) is 33.4. The Morgan fingerprint density at radius 3 is 2.81 bits per heavy atom. The number of aliphatic imine (C=N–C) groups is 1. The summed E-state index contributed by atoms with van der Waals surface area (Å²) in [7, 11) is 1.76. The maximum absolute atomic E-state index is 12.8. The number of amides is 2. The van der Waals surface area contributed by atoms with Crippen molar-refractivity contribution in [2.24, 2.45) is 10.9 Å². The van der Waals surface area contributed by atoms with E-state index in [1.165, 1.54) is 17.7 Å². The molecule has 0 spiro atoms. The molecule has 166 valence electrons. The Labute approximate surface area is 184 Å². The molecule has 4 fully saturated rings. The van der Waals surface area contributed by atoms with Gasteiger partial charge in [-0.1, -0.05) is 12.1 Å². The number of carbonyl (C=O) groups excluding carboxylic acids is 2. The molecule has 5 rings (SSSR count). The topological polar surface area (TPSA) is 77.0 Å². The molecule has 1 aromatic rings. The second kappa shape index (κ2) is 8.61. The number of piperidine rings is 1. The van der Waals surface area contributed by atoms with Gasteiger partial charge in [-0.2, -0.15) is 0 Å². The van der Waals surface area contributed by atoms with Gasteiger partial charge in [-0.05, 0) is 55.7 Å². The van der Waals surface area contributed by atoms with Crippen molar-refractivity contribution in [3.63, 3.8) is 0 Å². The van der Waals surface area contributed by atoms with Gasteiger partial charge in [0.1, 0.15) is 0 Å². The Balaban J connectivity index is 1.18. The second-order valence-electron chi connectivity index (χ2n) is 9.53. The Bertz CT molecular complexity index is 854. The summed E-state index contributed by atoms with van der Waals surface area (Å²) in [5.41, 5.74) is 2.39. The third-order valence-electron chi connectivity index (χ3n) is 7.55. The van der Waals surface area contributed by atoms with Crippen molar-refractivity contribution in [1.82, 2.24) is 15.5 Å². The third kappa shape index (κ3) is 4.20. The zero-order valence-corrected chi connectivity index (χ0v) is 18.3. The first kappa shape index (κ1) is 20.5. The van der Waals surface area contributed by atoms with Crippen LogP contribution >= 0.6 is 0 Å². The molecular weight excluding hydrogens is 390 g/mol. The van der Waals surface area contributed by atoms with Gasteiger partial charge in [-0.3, -0.25) is 14.6 Å². The smallest absolute Gasteiger partial charge is 0.237 e. The van der Waals surface area contributed by atoms with Crippen LogP contribution in [0.3, 0.4) is 0 Å². The highest BCUT2D eigenvalue weighted by Gasteiger charge is 2.43. The van der Waals surface area contributed by atoms with Crippen molar-refractivity contribution in [3.05, 3.63) is 29.8 Å². The fourth-order valence-electron chi connectivity index (χ4n) is 5.94. The van der Waals surface area contributed by atoms with Crippen LogP contribution in [0.5, 0.6) is 0 Å². The van der Waals surface area contributed by atoms with Crippen LogP contribution in [0.25, 0.3) is 0 Å². The summed E-state index contributed by atoms with van der Waals surface area (Å²) in [6.45, 7) is 2.63. The molecular formula is C24H33N5O2. The molecule has 1 aromatic carbocycles. The van der Waals surface area contributed by atoms with E-state index in [0.29, 0.717) is 30.3 Å². The second-order valence-corrected chi connectivity index (χ2v) is 9.53. The lowest BCUT2D eigenvalue weighted by atomic mass is 9.98. The molecule has 3 saturated heterocycles. The Hall–Kier alpha value is -2.41. The maximum Gasteiger partial charge on any atom is 0.237 e. The van der Waals surface area contributed by atoms with Gasteiger partial charge < -0.3 is 20.4 Å². The van der Waals surface area contributed by atoms with Crippen LogP contribution in [0, 0.1) is 5.92 Å². The van der Waals surface area contributed by atoms with Crippen LogP contribution in [0.2, 0.25) is 0 Å². The first-order chi connectivity index (χ1) is 15.1. The minimum atomic E-state index is -0.0997. The normalized spacial score (nSPS) is 30.8. The summed E-state index contributed by atoms with van der Waals surface area (Å²) in [5.74, 6) is 0.906. The molecule has 1 unspecified atom stereocenters. The number of carbonyl (C=O) groups is 2. The molecule has 7 nitrogen and oxygen atoms in total. The lowest BCUT2D eigenvalue weighted by Crippen LogP contribution is -2.51. The number of fused-ring (bicyclic) bond motifs is 3. The third-order valence-corrected chi connectivity index (χ3v) is 7.55. The van der Waals surface area contributed by atoms with Gasteiger partial charge in [0, 0.05) is 57.1 Å². The monoisotopic (exact) mass is 423 g/mol. The number of benzene rings is 1.